The molecule has 3 aromatic rings. The third kappa shape index (κ3) is 4.89. The Bertz CT molecular complexity index is 1190. The fraction of sp³-hybridized carbons (Fsp3) is 0.217. The lowest BCUT2D eigenvalue weighted by molar-refractivity contribution is 0.0858. The van der Waals surface area contributed by atoms with E-state index in [1.807, 2.05) is 0 Å². The van der Waals surface area contributed by atoms with E-state index in [-0.39, 0.29) is 17.7 Å². The van der Waals surface area contributed by atoms with Crippen molar-refractivity contribution in [1.82, 2.24) is 15.1 Å². The molecule has 9 heteroatoms. The Labute approximate surface area is 183 Å². The molecule has 32 heavy (non-hydrogen) atoms. The van der Waals surface area contributed by atoms with Crippen molar-refractivity contribution in [3.8, 4) is 5.69 Å². The monoisotopic (exact) mass is 436 g/mol. The molecule has 0 radical (unpaired) electrons. The standard InChI is InChI=1S/C23H21FN4O4/c24-15-7-9-16(10-8-15)28-21(29)12-11-20(27-28)23(31)26-19-6-2-1-5-18(19)22(30)25-14-17-4-3-13-32-17/h1-2,5-12,17H,3-4,13-14H2,(H,25,30)(H,26,31). The highest BCUT2D eigenvalue weighted by Crippen LogP contribution is 2.17. The summed E-state index contributed by atoms with van der Waals surface area (Å²) in [7, 11) is 0. The quantitative estimate of drug-likeness (QED) is 0.618. The van der Waals surface area contributed by atoms with Crippen molar-refractivity contribution in [2.24, 2.45) is 0 Å². The molecule has 8 nitrogen and oxygen atoms in total. The Morgan fingerprint density at radius 2 is 1.84 bits per heavy atom. The fourth-order valence-corrected chi connectivity index (χ4v) is 3.38. The van der Waals surface area contributed by atoms with Crippen molar-refractivity contribution in [2.75, 3.05) is 18.5 Å². The minimum atomic E-state index is -0.597. The number of nitrogens with zero attached hydrogens (tertiary/aromatic N) is 2. The lowest BCUT2D eigenvalue weighted by Gasteiger charge is -2.14. The molecule has 2 heterocycles. The summed E-state index contributed by atoms with van der Waals surface area (Å²) in [5.74, 6) is -1.38. The predicted molar refractivity (Wildman–Crippen MR) is 115 cm³/mol. The highest BCUT2D eigenvalue weighted by molar-refractivity contribution is 6.08. The van der Waals surface area contributed by atoms with Crippen LogP contribution in [0.1, 0.15) is 33.7 Å². The summed E-state index contributed by atoms with van der Waals surface area (Å²) in [6.45, 7) is 1.09. The first kappa shape index (κ1) is 21.4. The minimum absolute atomic E-state index is 0.00239. The van der Waals surface area contributed by atoms with Crippen LogP contribution in [-0.4, -0.2) is 40.9 Å². The third-order valence-electron chi connectivity index (χ3n) is 5.04. The van der Waals surface area contributed by atoms with Gasteiger partial charge in [0, 0.05) is 19.2 Å². The van der Waals surface area contributed by atoms with Gasteiger partial charge in [-0.2, -0.15) is 9.78 Å². The number of aromatic nitrogens is 2. The van der Waals surface area contributed by atoms with Crippen molar-refractivity contribution in [3.63, 3.8) is 0 Å². The van der Waals surface area contributed by atoms with Gasteiger partial charge in [0.15, 0.2) is 0 Å². The van der Waals surface area contributed by atoms with Gasteiger partial charge in [-0.1, -0.05) is 12.1 Å². The number of para-hydroxylation sites is 1. The maximum Gasteiger partial charge on any atom is 0.276 e. The molecule has 1 aliphatic heterocycles. The van der Waals surface area contributed by atoms with Crippen LogP contribution in [0.25, 0.3) is 5.69 Å². The second-order valence-electron chi connectivity index (χ2n) is 7.29. The van der Waals surface area contributed by atoms with Gasteiger partial charge in [0.05, 0.1) is 23.0 Å². The molecule has 0 bridgehead atoms. The van der Waals surface area contributed by atoms with Crippen LogP contribution in [0.4, 0.5) is 10.1 Å². The number of hydrogen-bond donors (Lipinski definition) is 2. The van der Waals surface area contributed by atoms with Gasteiger partial charge in [0.2, 0.25) is 0 Å². The van der Waals surface area contributed by atoms with Gasteiger partial charge in [0.25, 0.3) is 17.4 Å². The normalized spacial score (nSPS) is 15.3. The molecule has 0 spiro atoms. The first-order valence-corrected chi connectivity index (χ1v) is 10.2. The number of carbonyl (C=O) groups is 2. The molecule has 2 aromatic carbocycles. The highest BCUT2D eigenvalue weighted by atomic mass is 19.1. The second kappa shape index (κ2) is 9.52. The maximum absolute atomic E-state index is 13.2. The Hall–Kier alpha value is -3.85. The van der Waals surface area contributed by atoms with Crippen LogP contribution in [0.5, 0.6) is 0 Å². The molecule has 1 aliphatic rings. The van der Waals surface area contributed by atoms with Crippen LogP contribution >= 0.6 is 0 Å². The summed E-state index contributed by atoms with van der Waals surface area (Å²) in [5.41, 5.74) is 0.417. The zero-order valence-electron chi connectivity index (χ0n) is 17.1. The van der Waals surface area contributed by atoms with Crippen LogP contribution < -0.4 is 16.2 Å². The molecular formula is C23H21FN4O4. The van der Waals surface area contributed by atoms with Crippen LogP contribution in [0.15, 0.2) is 65.5 Å². The first-order valence-electron chi connectivity index (χ1n) is 10.2. The minimum Gasteiger partial charge on any atom is -0.376 e. The molecular weight excluding hydrogens is 415 g/mol. The Kier molecular flexibility index (Phi) is 6.37. The average molecular weight is 436 g/mol. The number of anilines is 1. The van der Waals surface area contributed by atoms with Crippen molar-refractivity contribution in [1.29, 1.82) is 0 Å². The second-order valence-corrected chi connectivity index (χ2v) is 7.29. The summed E-state index contributed by atoms with van der Waals surface area (Å²) < 4.78 is 19.7. The molecule has 1 aromatic heterocycles. The van der Waals surface area contributed by atoms with Gasteiger partial charge in [-0.15, -0.1) is 0 Å². The van der Waals surface area contributed by atoms with Gasteiger partial charge in [-0.05, 0) is 55.3 Å². The lowest BCUT2D eigenvalue weighted by Crippen LogP contribution is -2.32. The SMILES string of the molecule is O=C(Nc1ccccc1C(=O)NCC1CCCO1)c1ccc(=O)n(-c2ccc(F)cc2)n1. The molecule has 1 atom stereocenters. The molecule has 164 valence electrons. The molecule has 1 unspecified atom stereocenters. The van der Waals surface area contributed by atoms with Gasteiger partial charge in [-0.3, -0.25) is 14.4 Å². The fourth-order valence-electron chi connectivity index (χ4n) is 3.38. The first-order chi connectivity index (χ1) is 15.5. The van der Waals surface area contributed by atoms with Crippen LogP contribution in [0, 0.1) is 5.82 Å². The molecule has 2 amide bonds. The van der Waals surface area contributed by atoms with Crippen LogP contribution in [0.2, 0.25) is 0 Å². The predicted octanol–water partition coefficient (Wildman–Crippen LogP) is 2.53. The summed E-state index contributed by atoms with van der Waals surface area (Å²) in [4.78, 5) is 37.6. The molecule has 4 rings (SSSR count). The van der Waals surface area contributed by atoms with Crippen molar-refractivity contribution >= 4 is 17.5 Å². The number of carbonyl (C=O) groups excluding carboxylic acids is 2. The van der Waals surface area contributed by atoms with E-state index in [1.165, 1.54) is 36.4 Å². The van der Waals surface area contributed by atoms with Gasteiger partial charge in [-0.25, -0.2) is 4.39 Å². The summed E-state index contributed by atoms with van der Waals surface area (Å²) in [6, 6.07) is 14.3. The Morgan fingerprint density at radius 1 is 1.06 bits per heavy atom. The molecule has 0 saturated carbocycles. The summed E-state index contributed by atoms with van der Waals surface area (Å²) >= 11 is 0. The molecule has 2 N–H and O–H groups in total. The molecule has 1 fully saturated rings. The van der Waals surface area contributed by atoms with E-state index in [0.29, 0.717) is 30.1 Å². The summed E-state index contributed by atoms with van der Waals surface area (Å²) in [6.07, 6.45) is 1.87. The van der Waals surface area contributed by atoms with E-state index in [2.05, 4.69) is 15.7 Å². The Morgan fingerprint density at radius 3 is 2.59 bits per heavy atom. The van der Waals surface area contributed by atoms with E-state index in [0.717, 1.165) is 17.5 Å². The number of ether oxygens (including phenoxy) is 1. The van der Waals surface area contributed by atoms with Gasteiger partial charge >= 0.3 is 0 Å². The average Bonchev–Trinajstić information content (AvgIpc) is 3.32. The van der Waals surface area contributed by atoms with Crippen molar-refractivity contribution < 1.29 is 18.7 Å². The van der Waals surface area contributed by atoms with Crippen molar-refractivity contribution in [3.05, 3.63) is 88.1 Å². The smallest absolute Gasteiger partial charge is 0.276 e. The van der Waals surface area contributed by atoms with E-state index in [4.69, 9.17) is 4.74 Å². The third-order valence-corrected chi connectivity index (χ3v) is 5.04. The van der Waals surface area contributed by atoms with Crippen LogP contribution in [0.3, 0.4) is 0 Å². The van der Waals surface area contributed by atoms with Gasteiger partial charge in [0.1, 0.15) is 11.5 Å². The zero-order chi connectivity index (χ0) is 22.5. The number of hydrogen-bond acceptors (Lipinski definition) is 5. The largest absolute Gasteiger partial charge is 0.376 e. The van der Waals surface area contributed by atoms with Crippen LogP contribution in [-0.2, 0) is 4.74 Å². The van der Waals surface area contributed by atoms with E-state index < -0.39 is 17.3 Å². The Balaban J connectivity index is 1.52. The number of nitrogens with one attached hydrogen (secondary N) is 2. The van der Waals surface area contributed by atoms with E-state index >= 15 is 0 Å². The maximum atomic E-state index is 13.2. The number of rotatable bonds is 6. The molecule has 0 aliphatic carbocycles. The topological polar surface area (TPSA) is 102 Å². The lowest BCUT2D eigenvalue weighted by atomic mass is 10.1. The van der Waals surface area contributed by atoms with Crippen molar-refractivity contribution in [2.45, 2.75) is 18.9 Å². The van der Waals surface area contributed by atoms with Gasteiger partial charge < -0.3 is 15.4 Å². The number of halogens is 1. The molecule has 1 saturated heterocycles. The van der Waals surface area contributed by atoms with E-state index in [9.17, 15) is 18.8 Å². The zero-order valence-corrected chi connectivity index (χ0v) is 17.1. The van der Waals surface area contributed by atoms with E-state index in [1.54, 1.807) is 24.3 Å². The number of benzene rings is 2. The highest BCUT2D eigenvalue weighted by Gasteiger charge is 2.19. The number of amides is 2. The summed E-state index contributed by atoms with van der Waals surface area (Å²) in [5, 5.41) is 9.59.